The predicted octanol–water partition coefficient (Wildman–Crippen LogP) is 3.49. The van der Waals surface area contributed by atoms with Gasteiger partial charge in [0, 0.05) is 31.4 Å². The van der Waals surface area contributed by atoms with Crippen molar-refractivity contribution in [2.75, 3.05) is 17.7 Å². The van der Waals surface area contributed by atoms with E-state index in [1.807, 2.05) is 46.9 Å². The zero-order chi connectivity index (χ0) is 20.9. The molecule has 1 amide bonds. The minimum atomic E-state index is -0.828. The van der Waals surface area contributed by atoms with E-state index < -0.39 is 29.6 Å². The number of carbonyl (C=O) groups is 1. The molecule has 1 aromatic heterocycles. The van der Waals surface area contributed by atoms with Crippen LogP contribution in [0.2, 0.25) is 0 Å². The number of fused-ring (bicyclic) bond motifs is 1. The molecule has 0 spiro atoms. The monoisotopic (exact) mass is 406 g/mol. The average Bonchev–Trinajstić information content (AvgIpc) is 3.16. The van der Waals surface area contributed by atoms with E-state index in [0.717, 1.165) is 0 Å². The van der Waals surface area contributed by atoms with Gasteiger partial charge >= 0.3 is 6.09 Å². The fourth-order valence-electron chi connectivity index (χ4n) is 3.46. The molecule has 1 saturated heterocycles. The molecular formula is C19H26N4O4S. The molecule has 8 nitrogen and oxygen atoms in total. The number of rotatable bonds is 3. The molecule has 3 rings (SSSR count). The standard InChI is InChI=1S/C19H26N4O4S/c1-18(2,3)27-17(24)23-12(9-28-6)15-16(26-19(4,5)25-15)14(23)10-8-22-11(7-20)13(10)21/h8,14,16,22H,9,21H2,1-6H3. The van der Waals surface area contributed by atoms with E-state index in [-0.39, 0.29) is 5.69 Å². The summed E-state index contributed by atoms with van der Waals surface area (Å²) >= 11 is 1.56. The molecule has 9 heteroatoms. The van der Waals surface area contributed by atoms with Gasteiger partial charge in [-0.25, -0.2) is 4.79 Å². The van der Waals surface area contributed by atoms with E-state index >= 15 is 0 Å². The topological polar surface area (TPSA) is 114 Å². The summed E-state index contributed by atoms with van der Waals surface area (Å²) in [4.78, 5) is 17.6. The highest BCUT2D eigenvalue weighted by molar-refractivity contribution is 7.98. The van der Waals surface area contributed by atoms with Gasteiger partial charge in [-0.15, -0.1) is 0 Å². The van der Waals surface area contributed by atoms with E-state index in [9.17, 15) is 10.1 Å². The van der Waals surface area contributed by atoms with Crippen molar-refractivity contribution in [2.24, 2.45) is 0 Å². The summed E-state index contributed by atoms with van der Waals surface area (Å²) < 4.78 is 17.8. The molecule has 2 aliphatic rings. The van der Waals surface area contributed by atoms with Gasteiger partial charge in [-0.1, -0.05) is 0 Å². The molecule has 3 heterocycles. The summed E-state index contributed by atoms with van der Waals surface area (Å²) in [6, 6.07) is 1.44. The first-order chi connectivity index (χ1) is 13.0. The summed E-state index contributed by atoms with van der Waals surface area (Å²) in [6.45, 7) is 9.09. The maximum absolute atomic E-state index is 13.1. The van der Waals surface area contributed by atoms with Gasteiger partial charge in [0.1, 0.15) is 29.5 Å². The number of nitrogen functional groups attached to an aromatic ring is 1. The molecule has 0 saturated carbocycles. The Labute approximate surface area is 169 Å². The Bertz CT molecular complexity index is 862. The zero-order valence-corrected chi connectivity index (χ0v) is 17.8. The van der Waals surface area contributed by atoms with Crippen molar-refractivity contribution in [1.82, 2.24) is 9.88 Å². The number of ether oxygens (including phenoxy) is 3. The summed E-state index contributed by atoms with van der Waals surface area (Å²) in [6.07, 6.45) is 2.55. The number of nitrogens with one attached hydrogen (secondary N) is 1. The third-order valence-corrected chi connectivity index (χ3v) is 4.98. The second-order valence-corrected chi connectivity index (χ2v) is 9.09. The molecule has 0 radical (unpaired) electrons. The van der Waals surface area contributed by atoms with Crippen LogP contribution in [0.3, 0.4) is 0 Å². The van der Waals surface area contributed by atoms with Crippen LogP contribution in [0.15, 0.2) is 17.7 Å². The van der Waals surface area contributed by atoms with Gasteiger partial charge < -0.3 is 24.9 Å². The number of aromatic amines is 1. The highest BCUT2D eigenvalue weighted by atomic mass is 32.2. The molecule has 28 heavy (non-hydrogen) atoms. The first-order valence-electron chi connectivity index (χ1n) is 8.97. The summed E-state index contributed by atoms with van der Waals surface area (Å²) in [5, 5.41) is 9.27. The molecule has 1 fully saturated rings. The van der Waals surface area contributed by atoms with E-state index in [0.29, 0.717) is 28.5 Å². The molecule has 2 atom stereocenters. The highest BCUT2D eigenvalue weighted by Gasteiger charge is 2.55. The molecule has 0 aromatic carbocycles. The van der Waals surface area contributed by atoms with Gasteiger partial charge in [-0.05, 0) is 27.0 Å². The minimum absolute atomic E-state index is 0.247. The van der Waals surface area contributed by atoms with Gasteiger partial charge in [-0.3, -0.25) is 4.90 Å². The Hall–Kier alpha value is -2.31. The Kier molecular flexibility index (Phi) is 5.06. The Balaban J connectivity index is 2.12. The summed E-state index contributed by atoms with van der Waals surface area (Å²) in [5.41, 5.74) is 7.36. The fraction of sp³-hybridized carbons (Fsp3) is 0.579. The van der Waals surface area contributed by atoms with Gasteiger partial charge in [-0.2, -0.15) is 17.0 Å². The summed E-state index contributed by atoms with van der Waals surface area (Å²) in [5.74, 6) is 0.316. The Morgan fingerprint density at radius 1 is 1.50 bits per heavy atom. The van der Waals surface area contributed by atoms with Crippen LogP contribution in [0.1, 0.15) is 51.9 Å². The number of hydrogen-bond donors (Lipinski definition) is 2. The van der Waals surface area contributed by atoms with Crippen LogP contribution in [-0.2, 0) is 14.2 Å². The number of nitrogens with zero attached hydrogens (tertiary/aromatic N) is 2. The second-order valence-electron chi connectivity index (χ2n) is 8.22. The largest absolute Gasteiger partial charge is 0.463 e. The minimum Gasteiger partial charge on any atom is -0.463 e. The number of nitrogens with two attached hydrogens (primary N) is 1. The lowest BCUT2D eigenvalue weighted by molar-refractivity contribution is -0.145. The third kappa shape index (κ3) is 3.54. The van der Waals surface area contributed by atoms with Crippen LogP contribution < -0.4 is 5.73 Å². The first kappa shape index (κ1) is 20.4. The quantitative estimate of drug-likeness (QED) is 0.790. The van der Waals surface area contributed by atoms with Crippen molar-refractivity contribution < 1.29 is 19.0 Å². The molecule has 2 unspecified atom stereocenters. The number of H-pyrrole nitrogens is 1. The van der Waals surface area contributed by atoms with Crippen molar-refractivity contribution in [2.45, 2.75) is 58.2 Å². The zero-order valence-electron chi connectivity index (χ0n) is 17.0. The van der Waals surface area contributed by atoms with Crippen molar-refractivity contribution in [3.8, 4) is 6.07 Å². The number of hydrogen-bond acceptors (Lipinski definition) is 7. The predicted molar refractivity (Wildman–Crippen MR) is 106 cm³/mol. The van der Waals surface area contributed by atoms with E-state index in [1.165, 1.54) is 0 Å². The maximum Gasteiger partial charge on any atom is 0.415 e. The lowest BCUT2D eigenvalue weighted by Gasteiger charge is -2.33. The number of carbonyl (C=O) groups excluding carboxylic acids is 1. The smallest absolute Gasteiger partial charge is 0.415 e. The fourth-order valence-corrected chi connectivity index (χ4v) is 4.02. The average molecular weight is 407 g/mol. The van der Waals surface area contributed by atoms with Crippen LogP contribution in [0.25, 0.3) is 0 Å². The Morgan fingerprint density at radius 2 is 2.18 bits per heavy atom. The maximum atomic E-state index is 13.1. The van der Waals surface area contributed by atoms with Crippen molar-refractivity contribution in [3.63, 3.8) is 0 Å². The molecule has 0 bridgehead atoms. The molecule has 0 aliphatic carbocycles. The summed E-state index contributed by atoms with van der Waals surface area (Å²) in [7, 11) is 0. The number of amides is 1. The van der Waals surface area contributed by atoms with Crippen molar-refractivity contribution >= 4 is 23.5 Å². The highest BCUT2D eigenvalue weighted by Crippen LogP contribution is 2.50. The van der Waals surface area contributed by atoms with E-state index in [1.54, 1.807) is 22.9 Å². The van der Waals surface area contributed by atoms with Crippen LogP contribution in [0.4, 0.5) is 10.5 Å². The number of nitriles is 1. The van der Waals surface area contributed by atoms with Crippen LogP contribution in [0.5, 0.6) is 0 Å². The SMILES string of the molecule is CSCC1=C2OC(C)(C)OC2C(c2c[nH]c(C#N)c2N)N1C(=O)OC(C)(C)C. The molecule has 3 N–H and O–H groups in total. The molecule has 2 aliphatic heterocycles. The number of anilines is 1. The van der Waals surface area contributed by atoms with Crippen molar-refractivity contribution in [3.05, 3.63) is 28.9 Å². The van der Waals surface area contributed by atoms with E-state index in [2.05, 4.69) is 4.98 Å². The molecule has 1 aromatic rings. The van der Waals surface area contributed by atoms with Crippen LogP contribution >= 0.6 is 11.8 Å². The van der Waals surface area contributed by atoms with E-state index in [4.69, 9.17) is 19.9 Å². The van der Waals surface area contributed by atoms with Crippen LogP contribution in [-0.4, -0.2) is 45.5 Å². The lowest BCUT2D eigenvalue weighted by Crippen LogP contribution is -2.40. The van der Waals surface area contributed by atoms with Gasteiger partial charge in [0.2, 0.25) is 5.79 Å². The number of thioether (sulfide) groups is 1. The van der Waals surface area contributed by atoms with Gasteiger partial charge in [0.05, 0.1) is 11.4 Å². The normalized spacial score (nSPS) is 23.4. The molecule has 152 valence electrons. The van der Waals surface area contributed by atoms with Crippen LogP contribution in [0, 0.1) is 11.3 Å². The van der Waals surface area contributed by atoms with Gasteiger partial charge in [0.15, 0.2) is 5.76 Å². The molecular weight excluding hydrogens is 380 g/mol. The van der Waals surface area contributed by atoms with Crippen molar-refractivity contribution in [1.29, 1.82) is 5.26 Å². The second kappa shape index (κ2) is 6.94. The third-order valence-electron chi connectivity index (χ3n) is 4.42. The lowest BCUT2D eigenvalue weighted by atomic mass is 10.0. The Morgan fingerprint density at radius 3 is 2.71 bits per heavy atom. The van der Waals surface area contributed by atoms with Gasteiger partial charge in [0.25, 0.3) is 0 Å². The first-order valence-corrected chi connectivity index (χ1v) is 10.4. The number of aromatic nitrogens is 1.